The van der Waals surface area contributed by atoms with Gasteiger partial charge < -0.3 is 25.8 Å². The largest absolute Gasteiger partial charge is 0.491 e. The van der Waals surface area contributed by atoms with Gasteiger partial charge >= 0.3 is 12.0 Å². The molecule has 2 amide bonds. The molecule has 1 aromatic heterocycles. The fourth-order valence-electron chi connectivity index (χ4n) is 3.71. The number of pyridine rings is 1. The van der Waals surface area contributed by atoms with Crippen LogP contribution in [0.25, 0.3) is 11.3 Å². The highest BCUT2D eigenvalue weighted by Gasteiger charge is 2.36. The number of nitrogens with two attached hydrogens (primary N) is 1. The van der Waals surface area contributed by atoms with Gasteiger partial charge in [-0.2, -0.15) is 0 Å². The van der Waals surface area contributed by atoms with E-state index in [4.69, 9.17) is 21.0 Å². The standard InChI is InChI=1S/C22H27N5O4/c1-2-25-22(30)27-12-14(10-20(28)29)9-17(27)13-31-18-6-3-15(4-7-18)19-8-5-16(11-26-19)21(23)24/h3-8,11,14,17H,2,9-10,12-13H2,1H3,(H3,23,24)(H,25,30)(H,28,29)/t14-,17-/m0/s1. The number of likely N-dealkylation sites (tertiary alicyclic amines) is 1. The number of hydrogen-bond acceptors (Lipinski definition) is 5. The number of nitrogen functional groups attached to an aromatic ring is 1. The first-order chi connectivity index (χ1) is 14.9. The lowest BCUT2D eigenvalue weighted by molar-refractivity contribution is -0.138. The molecule has 3 rings (SSSR count). The Bertz CT molecular complexity index is 930. The number of hydrogen-bond donors (Lipinski definition) is 4. The molecule has 0 spiro atoms. The number of urea groups is 1. The highest BCUT2D eigenvalue weighted by molar-refractivity contribution is 5.94. The first-order valence-corrected chi connectivity index (χ1v) is 10.2. The fourth-order valence-corrected chi connectivity index (χ4v) is 3.71. The Balaban J connectivity index is 1.62. The summed E-state index contributed by atoms with van der Waals surface area (Å²) in [5.74, 6) is -0.313. The third-order valence-corrected chi connectivity index (χ3v) is 5.22. The Morgan fingerprint density at radius 2 is 2.03 bits per heavy atom. The summed E-state index contributed by atoms with van der Waals surface area (Å²) in [4.78, 5) is 29.4. The van der Waals surface area contributed by atoms with Gasteiger partial charge in [-0.25, -0.2) is 4.79 Å². The summed E-state index contributed by atoms with van der Waals surface area (Å²) >= 11 is 0. The molecule has 9 nitrogen and oxygen atoms in total. The Hall–Kier alpha value is -3.62. The van der Waals surface area contributed by atoms with Crippen molar-refractivity contribution in [1.29, 1.82) is 5.41 Å². The fraction of sp³-hybridized carbons (Fsp3) is 0.364. The number of nitrogens with one attached hydrogen (secondary N) is 2. The molecule has 2 atom stereocenters. The van der Waals surface area contributed by atoms with Crippen molar-refractivity contribution in [2.24, 2.45) is 11.7 Å². The molecule has 2 aromatic rings. The van der Waals surface area contributed by atoms with E-state index in [-0.39, 0.29) is 36.9 Å². The maximum Gasteiger partial charge on any atom is 0.317 e. The maximum absolute atomic E-state index is 12.3. The van der Waals surface area contributed by atoms with Crippen LogP contribution >= 0.6 is 0 Å². The Morgan fingerprint density at radius 1 is 1.29 bits per heavy atom. The zero-order valence-electron chi connectivity index (χ0n) is 17.4. The van der Waals surface area contributed by atoms with E-state index in [1.165, 1.54) is 0 Å². The van der Waals surface area contributed by atoms with E-state index in [1.807, 2.05) is 31.2 Å². The smallest absolute Gasteiger partial charge is 0.317 e. The van der Waals surface area contributed by atoms with Crippen molar-refractivity contribution in [1.82, 2.24) is 15.2 Å². The van der Waals surface area contributed by atoms with Crippen molar-refractivity contribution in [3.63, 3.8) is 0 Å². The number of amidine groups is 1. The van der Waals surface area contributed by atoms with E-state index >= 15 is 0 Å². The van der Waals surface area contributed by atoms with Crippen molar-refractivity contribution in [2.75, 3.05) is 19.7 Å². The van der Waals surface area contributed by atoms with Crippen LogP contribution in [0.2, 0.25) is 0 Å². The number of ether oxygens (including phenoxy) is 1. The van der Waals surface area contributed by atoms with Crippen LogP contribution in [-0.4, -0.2) is 58.6 Å². The van der Waals surface area contributed by atoms with E-state index in [9.17, 15) is 9.59 Å². The van der Waals surface area contributed by atoms with E-state index in [0.717, 1.165) is 11.3 Å². The molecule has 1 fully saturated rings. The maximum atomic E-state index is 12.3. The number of rotatable bonds is 8. The van der Waals surface area contributed by atoms with Crippen LogP contribution < -0.4 is 15.8 Å². The average molecular weight is 425 g/mol. The van der Waals surface area contributed by atoms with E-state index in [2.05, 4.69) is 10.3 Å². The highest BCUT2D eigenvalue weighted by atomic mass is 16.5. The Morgan fingerprint density at radius 3 is 2.61 bits per heavy atom. The van der Waals surface area contributed by atoms with Gasteiger partial charge in [-0.15, -0.1) is 0 Å². The van der Waals surface area contributed by atoms with Crippen molar-refractivity contribution in [3.05, 3.63) is 48.2 Å². The minimum Gasteiger partial charge on any atom is -0.491 e. The quantitative estimate of drug-likeness (QED) is 0.378. The molecule has 5 N–H and O–H groups in total. The number of carbonyl (C=O) groups is 2. The molecule has 1 aliphatic rings. The lowest BCUT2D eigenvalue weighted by Crippen LogP contribution is -2.45. The summed E-state index contributed by atoms with van der Waals surface area (Å²) in [6, 6.07) is 10.6. The molecule has 1 aromatic carbocycles. The van der Waals surface area contributed by atoms with Gasteiger partial charge in [-0.1, -0.05) is 0 Å². The summed E-state index contributed by atoms with van der Waals surface area (Å²) in [6.07, 6.45) is 2.19. The lowest BCUT2D eigenvalue weighted by atomic mass is 10.0. The van der Waals surface area contributed by atoms with Gasteiger partial charge in [0, 0.05) is 36.8 Å². The normalized spacial score (nSPS) is 17.9. The van der Waals surface area contributed by atoms with Gasteiger partial charge in [0.25, 0.3) is 0 Å². The first-order valence-electron chi connectivity index (χ1n) is 10.2. The number of carbonyl (C=O) groups excluding carboxylic acids is 1. The van der Waals surface area contributed by atoms with Crippen LogP contribution in [-0.2, 0) is 4.79 Å². The van der Waals surface area contributed by atoms with Crippen molar-refractivity contribution in [3.8, 4) is 17.0 Å². The molecule has 2 heterocycles. The summed E-state index contributed by atoms with van der Waals surface area (Å²) in [7, 11) is 0. The molecule has 0 bridgehead atoms. The Kier molecular flexibility index (Phi) is 7.07. The SMILES string of the molecule is CCNC(=O)N1C[C@H](CC(=O)O)C[C@H]1COc1ccc(-c2ccc(C(=N)N)cn2)cc1. The van der Waals surface area contributed by atoms with Crippen LogP contribution in [0.3, 0.4) is 0 Å². The zero-order chi connectivity index (χ0) is 22.4. The summed E-state index contributed by atoms with van der Waals surface area (Å²) < 4.78 is 5.91. The second kappa shape index (κ2) is 9.92. The van der Waals surface area contributed by atoms with Gasteiger partial charge in [0.05, 0.1) is 11.7 Å². The van der Waals surface area contributed by atoms with Crippen molar-refractivity contribution < 1.29 is 19.4 Å². The molecular weight excluding hydrogens is 398 g/mol. The molecule has 0 unspecified atom stereocenters. The molecule has 0 aliphatic carbocycles. The number of aromatic nitrogens is 1. The van der Waals surface area contributed by atoms with Crippen LogP contribution in [0, 0.1) is 11.3 Å². The van der Waals surface area contributed by atoms with E-state index in [1.54, 1.807) is 23.2 Å². The van der Waals surface area contributed by atoms with Gasteiger partial charge in [-0.3, -0.25) is 15.2 Å². The molecule has 0 saturated carbocycles. The molecule has 1 aliphatic heterocycles. The number of nitrogens with zero attached hydrogens (tertiary/aromatic N) is 2. The van der Waals surface area contributed by atoms with Gasteiger partial charge in [-0.05, 0) is 55.7 Å². The third-order valence-electron chi connectivity index (χ3n) is 5.22. The number of amides is 2. The van der Waals surface area contributed by atoms with E-state index in [0.29, 0.717) is 30.8 Å². The van der Waals surface area contributed by atoms with Gasteiger partial charge in [0.15, 0.2) is 0 Å². The summed E-state index contributed by atoms with van der Waals surface area (Å²) in [5, 5.41) is 19.3. The van der Waals surface area contributed by atoms with Crippen molar-refractivity contribution in [2.45, 2.75) is 25.8 Å². The minimum atomic E-state index is -0.858. The molecule has 9 heteroatoms. The second-order valence-corrected chi connectivity index (χ2v) is 7.52. The monoisotopic (exact) mass is 425 g/mol. The molecule has 31 heavy (non-hydrogen) atoms. The highest BCUT2D eigenvalue weighted by Crippen LogP contribution is 2.27. The Labute approximate surface area is 180 Å². The topological polar surface area (TPSA) is 142 Å². The van der Waals surface area contributed by atoms with Gasteiger partial charge in [0.2, 0.25) is 0 Å². The first kappa shape index (κ1) is 22.1. The summed E-state index contributed by atoms with van der Waals surface area (Å²) in [6.45, 7) is 3.05. The predicted molar refractivity (Wildman–Crippen MR) is 116 cm³/mol. The number of aliphatic carboxylic acids is 1. The third kappa shape index (κ3) is 5.71. The van der Waals surface area contributed by atoms with Crippen molar-refractivity contribution >= 4 is 17.8 Å². The van der Waals surface area contributed by atoms with Crippen LogP contribution in [0.1, 0.15) is 25.3 Å². The molecular formula is C22H27N5O4. The second-order valence-electron chi connectivity index (χ2n) is 7.52. The minimum absolute atomic E-state index is 0.0260. The zero-order valence-corrected chi connectivity index (χ0v) is 17.4. The van der Waals surface area contributed by atoms with Crippen LogP contribution in [0.5, 0.6) is 5.75 Å². The number of carboxylic acids is 1. The average Bonchev–Trinajstić information content (AvgIpc) is 3.15. The predicted octanol–water partition coefficient (Wildman–Crippen LogP) is 2.31. The number of benzene rings is 1. The number of carboxylic acid groups (broad SMARTS) is 1. The van der Waals surface area contributed by atoms with Crippen LogP contribution in [0.15, 0.2) is 42.6 Å². The van der Waals surface area contributed by atoms with Crippen LogP contribution in [0.4, 0.5) is 4.79 Å². The molecule has 164 valence electrons. The lowest BCUT2D eigenvalue weighted by Gasteiger charge is -2.24. The molecule has 0 radical (unpaired) electrons. The van der Waals surface area contributed by atoms with E-state index < -0.39 is 5.97 Å². The van der Waals surface area contributed by atoms with Gasteiger partial charge in [0.1, 0.15) is 18.2 Å². The summed E-state index contributed by atoms with van der Waals surface area (Å²) in [5.41, 5.74) is 7.67. The molecule has 1 saturated heterocycles.